The summed E-state index contributed by atoms with van der Waals surface area (Å²) in [5.74, 6) is -2.06. The predicted octanol–water partition coefficient (Wildman–Crippen LogP) is 4.98. The summed E-state index contributed by atoms with van der Waals surface area (Å²) < 4.78 is 15.7. The van der Waals surface area contributed by atoms with Gasteiger partial charge in [0.2, 0.25) is 0 Å². The molecule has 3 aliphatic rings. The second-order valence-corrected chi connectivity index (χ2v) is 12.8. The Balaban J connectivity index is 1.47. The van der Waals surface area contributed by atoms with Gasteiger partial charge in [-0.2, -0.15) is 0 Å². The number of ether oxygens (including phenoxy) is 2. The quantitative estimate of drug-likeness (QED) is 0.254. The summed E-state index contributed by atoms with van der Waals surface area (Å²) in [5.41, 5.74) is 0.465. The summed E-state index contributed by atoms with van der Waals surface area (Å²) in [6, 6.07) is 29.1. The summed E-state index contributed by atoms with van der Waals surface area (Å²) in [7, 11) is 2.92. The molecule has 0 bridgehead atoms. The number of para-hydroxylation sites is 1. The normalized spacial score (nSPS) is 22.5. The number of hydrogen-bond acceptors (Lipinski definition) is 7. The Morgan fingerprint density at radius 1 is 0.780 bits per heavy atom. The standard InChI is InChI=1S/C40H33N3O7/c1-49-32-20-27(44)21-33(50-2)35(32)36-28-18-19-41-38(47)42(26-16-10-5-11-17-26)39(48)43(41)31(28)23-30-37(46)29(24-12-6-3-7-13-24)22-34(45)40(30,36)25-14-8-4-9-15-25/h3-18,20-22,30-31,36,44H,19,23H2,1-2H3/t30-,31+,36+,40-/m0/s1. The number of aromatic nitrogens is 3. The first-order valence-corrected chi connectivity index (χ1v) is 16.4. The minimum atomic E-state index is -1.51. The number of hydrogen-bond donors (Lipinski definition) is 1. The molecule has 50 heavy (non-hydrogen) atoms. The van der Waals surface area contributed by atoms with E-state index in [4.69, 9.17) is 9.47 Å². The first-order valence-electron chi connectivity index (χ1n) is 16.4. The van der Waals surface area contributed by atoms with E-state index in [-0.39, 0.29) is 47.4 Å². The van der Waals surface area contributed by atoms with Crippen LogP contribution in [0.3, 0.4) is 0 Å². The number of rotatable bonds is 6. The van der Waals surface area contributed by atoms with Crippen LogP contribution in [0.1, 0.15) is 35.1 Å². The second kappa shape index (κ2) is 11.8. The molecule has 1 N–H and O–H groups in total. The molecule has 1 fully saturated rings. The molecule has 250 valence electrons. The van der Waals surface area contributed by atoms with Gasteiger partial charge in [0, 0.05) is 35.1 Å². The predicted molar refractivity (Wildman–Crippen MR) is 186 cm³/mol. The lowest BCUT2D eigenvalue weighted by molar-refractivity contribution is -0.133. The topological polar surface area (TPSA) is 122 Å². The minimum Gasteiger partial charge on any atom is -0.508 e. The van der Waals surface area contributed by atoms with E-state index >= 15 is 9.59 Å². The van der Waals surface area contributed by atoms with Crippen LogP contribution in [-0.4, -0.2) is 44.8 Å². The third kappa shape index (κ3) is 4.34. The molecule has 0 radical (unpaired) electrons. The monoisotopic (exact) mass is 667 g/mol. The van der Waals surface area contributed by atoms with Crippen LogP contribution in [0.2, 0.25) is 0 Å². The van der Waals surface area contributed by atoms with Crippen molar-refractivity contribution in [2.45, 2.75) is 30.3 Å². The van der Waals surface area contributed by atoms with Gasteiger partial charge in [-0.05, 0) is 41.3 Å². The molecular weight excluding hydrogens is 634 g/mol. The Labute approximate surface area is 286 Å². The molecule has 1 saturated carbocycles. The lowest BCUT2D eigenvalue weighted by Crippen LogP contribution is -2.58. The van der Waals surface area contributed by atoms with E-state index in [0.717, 1.165) is 4.57 Å². The molecule has 4 aromatic carbocycles. The molecule has 1 aliphatic heterocycles. The van der Waals surface area contributed by atoms with E-state index in [1.54, 1.807) is 42.5 Å². The number of Topliss-reactive ketones (excluding diaryl/α,β-unsaturated/α-hetero) is 1. The van der Waals surface area contributed by atoms with Crippen molar-refractivity contribution in [1.29, 1.82) is 0 Å². The molecule has 0 unspecified atom stereocenters. The molecule has 1 aromatic heterocycles. The Bertz CT molecular complexity index is 2330. The number of aromatic hydroxyl groups is 1. The molecule has 2 aliphatic carbocycles. The van der Waals surface area contributed by atoms with Crippen molar-refractivity contribution in [2.75, 3.05) is 14.2 Å². The number of phenols is 1. The fraction of sp³-hybridized carbons (Fsp3) is 0.200. The van der Waals surface area contributed by atoms with Crippen LogP contribution in [0.15, 0.2) is 130 Å². The van der Waals surface area contributed by atoms with Gasteiger partial charge in [0.1, 0.15) is 17.2 Å². The number of fused-ring (bicyclic) bond motifs is 4. The van der Waals surface area contributed by atoms with Gasteiger partial charge in [-0.3, -0.25) is 9.59 Å². The number of carbonyl (C=O) groups excluding carboxylic acids is 2. The maximum Gasteiger partial charge on any atom is 0.352 e. The van der Waals surface area contributed by atoms with Crippen molar-refractivity contribution in [3.63, 3.8) is 0 Å². The van der Waals surface area contributed by atoms with E-state index in [1.807, 2.05) is 54.6 Å². The van der Waals surface area contributed by atoms with Crippen molar-refractivity contribution < 1.29 is 24.2 Å². The molecular formula is C40H33N3O7. The Kier molecular flexibility index (Phi) is 7.32. The van der Waals surface area contributed by atoms with Gasteiger partial charge in [0.25, 0.3) is 0 Å². The average molecular weight is 668 g/mol. The summed E-state index contributed by atoms with van der Waals surface area (Å²) in [4.78, 5) is 58.6. The van der Waals surface area contributed by atoms with E-state index in [1.165, 1.54) is 41.8 Å². The second-order valence-electron chi connectivity index (χ2n) is 12.8. The molecule has 0 amide bonds. The van der Waals surface area contributed by atoms with E-state index < -0.39 is 34.7 Å². The summed E-state index contributed by atoms with van der Waals surface area (Å²) in [6.07, 6.45) is 3.39. The highest BCUT2D eigenvalue weighted by Crippen LogP contribution is 2.63. The fourth-order valence-corrected chi connectivity index (χ4v) is 8.46. The number of phenolic OH excluding ortho intramolecular Hbond substituents is 1. The highest BCUT2D eigenvalue weighted by atomic mass is 16.5. The number of allylic oxidation sites excluding steroid dienone is 4. The van der Waals surface area contributed by atoms with Gasteiger partial charge in [0.15, 0.2) is 11.6 Å². The molecule has 4 atom stereocenters. The van der Waals surface area contributed by atoms with E-state index in [2.05, 4.69) is 0 Å². The van der Waals surface area contributed by atoms with Crippen LogP contribution < -0.4 is 20.9 Å². The third-order valence-corrected chi connectivity index (χ3v) is 10.5. The lowest BCUT2D eigenvalue weighted by atomic mass is 9.47. The minimum absolute atomic E-state index is 0.0434. The van der Waals surface area contributed by atoms with Crippen molar-refractivity contribution >= 4 is 17.1 Å². The van der Waals surface area contributed by atoms with Crippen molar-refractivity contribution in [3.8, 4) is 22.9 Å². The van der Waals surface area contributed by atoms with Crippen LogP contribution in [0.25, 0.3) is 11.3 Å². The average Bonchev–Trinajstić information content (AvgIpc) is 3.41. The Morgan fingerprint density at radius 3 is 2.00 bits per heavy atom. The van der Waals surface area contributed by atoms with E-state index in [0.29, 0.717) is 28.0 Å². The highest BCUT2D eigenvalue weighted by molar-refractivity contribution is 6.31. The number of ketones is 2. The number of benzene rings is 4. The zero-order chi connectivity index (χ0) is 34.7. The Hall–Kier alpha value is -6.16. The largest absolute Gasteiger partial charge is 0.508 e. The molecule has 8 rings (SSSR count). The van der Waals surface area contributed by atoms with Crippen LogP contribution in [0.4, 0.5) is 0 Å². The number of carbonyl (C=O) groups is 2. The Morgan fingerprint density at radius 2 is 1.38 bits per heavy atom. The fourth-order valence-electron chi connectivity index (χ4n) is 8.46. The number of nitrogens with zero attached hydrogens (tertiary/aromatic N) is 3. The van der Waals surface area contributed by atoms with Gasteiger partial charge in [-0.15, -0.1) is 0 Å². The summed E-state index contributed by atoms with van der Waals surface area (Å²) in [6.45, 7) is 0.0434. The van der Waals surface area contributed by atoms with Crippen LogP contribution >= 0.6 is 0 Å². The zero-order valence-electron chi connectivity index (χ0n) is 27.4. The van der Waals surface area contributed by atoms with E-state index in [9.17, 15) is 14.7 Å². The van der Waals surface area contributed by atoms with Gasteiger partial charge in [-0.25, -0.2) is 23.5 Å². The maximum absolute atomic E-state index is 15.2. The van der Waals surface area contributed by atoms with Crippen LogP contribution in [-0.2, 0) is 21.5 Å². The zero-order valence-corrected chi connectivity index (χ0v) is 27.4. The first-order chi connectivity index (χ1) is 24.3. The summed E-state index contributed by atoms with van der Waals surface area (Å²) in [5, 5.41) is 10.7. The maximum atomic E-state index is 15.2. The molecule has 10 heteroatoms. The first kappa shape index (κ1) is 31.1. The lowest BCUT2D eigenvalue weighted by Gasteiger charge is -2.54. The van der Waals surface area contributed by atoms with Gasteiger partial charge >= 0.3 is 11.4 Å². The van der Waals surface area contributed by atoms with Crippen molar-refractivity contribution in [1.82, 2.24) is 13.9 Å². The van der Waals surface area contributed by atoms with Gasteiger partial charge in [0.05, 0.1) is 37.9 Å². The SMILES string of the molecule is COc1cc(O)cc(OC)c1[C@H]1C2=CCn3c(=O)n(-c4ccccc4)c(=O)n3[C@@H]2C[C@H]2C(=O)C(c3ccccc3)=CC(=O)[C@@]12c1ccccc1. The van der Waals surface area contributed by atoms with Gasteiger partial charge < -0.3 is 14.6 Å². The highest BCUT2D eigenvalue weighted by Gasteiger charge is 2.64. The van der Waals surface area contributed by atoms with Crippen molar-refractivity contribution in [3.05, 3.63) is 159 Å². The molecule has 2 heterocycles. The van der Waals surface area contributed by atoms with Crippen LogP contribution in [0.5, 0.6) is 17.2 Å². The molecule has 10 nitrogen and oxygen atoms in total. The van der Waals surface area contributed by atoms with Crippen LogP contribution in [0, 0.1) is 5.92 Å². The number of methoxy groups -OCH3 is 2. The molecule has 0 saturated heterocycles. The van der Waals surface area contributed by atoms with Crippen molar-refractivity contribution in [2.24, 2.45) is 5.92 Å². The molecule has 0 spiro atoms. The third-order valence-electron chi connectivity index (χ3n) is 10.5. The van der Waals surface area contributed by atoms with Gasteiger partial charge in [-0.1, -0.05) is 84.9 Å². The summed E-state index contributed by atoms with van der Waals surface area (Å²) >= 11 is 0. The smallest absolute Gasteiger partial charge is 0.352 e. The molecule has 5 aromatic rings.